The van der Waals surface area contributed by atoms with Crippen LogP contribution in [0.2, 0.25) is 0 Å². The van der Waals surface area contributed by atoms with Crippen LogP contribution in [-0.2, 0) is 16.0 Å². The Labute approximate surface area is 164 Å². The first-order chi connectivity index (χ1) is 13.3. The Bertz CT molecular complexity index is 809. The van der Waals surface area contributed by atoms with Gasteiger partial charge in [0.05, 0.1) is 12.0 Å². The zero-order valence-electron chi connectivity index (χ0n) is 16.3. The van der Waals surface area contributed by atoms with Gasteiger partial charge in [0.1, 0.15) is 0 Å². The van der Waals surface area contributed by atoms with E-state index >= 15 is 0 Å². The lowest BCUT2D eigenvalue weighted by atomic mass is 10.1. The number of nitrogens with two attached hydrogens (primary N) is 1. The molecule has 1 aromatic carbocycles. The first-order valence-corrected chi connectivity index (χ1v) is 9.32. The Kier molecular flexibility index (Phi) is 5.89. The fraction of sp³-hybridized carbons (Fsp3) is 0.400. The van der Waals surface area contributed by atoms with Crippen LogP contribution in [0, 0.1) is 0 Å². The normalized spacial score (nSPS) is 14.7. The summed E-state index contributed by atoms with van der Waals surface area (Å²) < 4.78 is 0. The Morgan fingerprint density at radius 3 is 2.25 bits per heavy atom. The molecule has 0 aliphatic carbocycles. The van der Waals surface area contributed by atoms with Crippen LogP contribution in [0.25, 0.3) is 0 Å². The van der Waals surface area contributed by atoms with Crippen molar-refractivity contribution in [1.29, 1.82) is 0 Å². The van der Waals surface area contributed by atoms with Crippen molar-refractivity contribution in [3.05, 3.63) is 48.3 Å². The van der Waals surface area contributed by atoms with Gasteiger partial charge in [-0.3, -0.25) is 9.59 Å². The van der Waals surface area contributed by atoms with Crippen LogP contribution in [0.5, 0.6) is 0 Å². The lowest BCUT2D eigenvalue weighted by Gasteiger charge is -2.34. The molecule has 0 saturated carbocycles. The lowest BCUT2D eigenvalue weighted by Crippen LogP contribution is -2.49. The Balaban J connectivity index is 1.51. The van der Waals surface area contributed by atoms with Crippen LogP contribution in [0.4, 0.5) is 11.6 Å². The van der Waals surface area contributed by atoms with Crippen molar-refractivity contribution < 1.29 is 9.59 Å². The molecule has 1 fully saturated rings. The second-order valence-corrected chi connectivity index (χ2v) is 7.47. The monoisotopic (exact) mass is 382 g/mol. The van der Waals surface area contributed by atoms with Crippen LogP contribution in [0.1, 0.15) is 19.4 Å². The van der Waals surface area contributed by atoms with Crippen molar-refractivity contribution in [2.45, 2.75) is 25.8 Å². The van der Waals surface area contributed by atoms with E-state index in [0.29, 0.717) is 31.1 Å². The Hall–Kier alpha value is -3.00. The van der Waals surface area contributed by atoms with Crippen molar-refractivity contribution >= 4 is 23.5 Å². The SMILES string of the molecule is CC(C)(N)C(=O)Nc1ccc(CC(=O)N2CCN(c3ncccn3)CC2)cc1. The maximum atomic E-state index is 12.6. The molecule has 1 aromatic heterocycles. The van der Waals surface area contributed by atoms with E-state index in [1.54, 1.807) is 44.4 Å². The number of nitrogens with zero attached hydrogens (tertiary/aromatic N) is 4. The zero-order valence-corrected chi connectivity index (χ0v) is 16.3. The Morgan fingerprint density at radius 1 is 1.07 bits per heavy atom. The van der Waals surface area contributed by atoms with E-state index in [0.717, 1.165) is 18.7 Å². The van der Waals surface area contributed by atoms with Crippen LogP contribution >= 0.6 is 0 Å². The van der Waals surface area contributed by atoms with E-state index < -0.39 is 5.54 Å². The molecule has 0 atom stereocenters. The number of benzene rings is 1. The fourth-order valence-corrected chi connectivity index (χ4v) is 2.89. The highest BCUT2D eigenvalue weighted by atomic mass is 16.2. The molecule has 3 N–H and O–H groups in total. The van der Waals surface area contributed by atoms with Gasteiger partial charge in [-0.15, -0.1) is 0 Å². The topological polar surface area (TPSA) is 104 Å². The van der Waals surface area contributed by atoms with Gasteiger partial charge in [0.25, 0.3) is 0 Å². The molecule has 2 amide bonds. The highest BCUT2D eigenvalue weighted by Crippen LogP contribution is 2.14. The third kappa shape index (κ3) is 5.04. The molecule has 2 heterocycles. The summed E-state index contributed by atoms with van der Waals surface area (Å²) in [5.41, 5.74) is 6.41. The quantitative estimate of drug-likeness (QED) is 0.801. The van der Waals surface area contributed by atoms with Gasteiger partial charge in [0.15, 0.2) is 0 Å². The summed E-state index contributed by atoms with van der Waals surface area (Å²) in [5.74, 6) is 0.540. The minimum atomic E-state index is -0.943. The molecule has 28 heavy (non-hydrogen) atoms. The minimum Gasteiger partial charge on any atom is -0.339 e. The molecular weight excluding hydrogens is 356 g/mol. The Morgan fingerprint density at radius 2 is 1.68 bits per heavy atom. The number of nitrogens with one attached hydrogen (secondary N) is 1. The van der Waals surface area contributed by atoms with Crippen molar-refractivity contribution in [2.75, 3.05) is 36.4 Å². The summed E-state index contributed by atoms with van der Waals surface area (Å²) in [6.45, 7) is 6.04. The first kappa shape index (κ1) is 19.8. The number of amides is 2. The third-order valence-corrected chi connectivity index (χ3v) is 4.62. The summed E-state index contributed by atoms with van der Waals surface area (Å²) in [6.07, 6.45) is 3.78. The maximum Gasteiger partial charge on any atom is 0.243 e. The molecule has 8 nitrogen and oxygen atoms in total. The van der Waals surface area contributed by atoms with Gasteiger partial charge >= 0.3 is 0 Å². The predicted octanol–water partition coefficient (Wildman–Crippen LogP) is 1.04. The number of aromatic nitrogens is 2. The zero-order chi connectivity index (χ0) is 20.1. The molecule has 2 aromatic rings. The maximum absolute atomic E-state index is 12.6. The van der Waals surface area contributed by atoms with Crippen LogP contribution in [0.3, 0.4) is 0 Å². The standard InChI is InChI=1S/C20H26N6O2/c1-20(2,21)18(28)24-16-6-4-15(5-7-16)14-17(27)25-10-12-26(13-11-25)19-22-8-3-9-23-19/h3-9H,10-14,21H2,1-2H3,(H,24,28). The number of anilines is 2. The largest absolute Gasteiger partial charge is 0.339 e. The van der Waals surface area contributed by atoms with E-state index in [4.69, 9.17) is 5.73 Å². The number of hydrogen-bond acceptors (Lipinski definition) is 6. The van der Waals surface area contributed by atoms with Crippen LogP contribution in [-0.4, -0.2) is 58.4 Å². The molecule has 0 radical (unpaired) electrons. The van der Waals surface area contributed by atoms with E-state index in [-0.39, 0.29) is 11.8 Å². The highest BCUT2D eigenvalue weighted by Gasteiger charge is 2.23. The molecule has 1 saturated heterocycles. The van der Waals surface area contributed by atoms with E-state index in [1.807, 2.05) is 17.0 Å². The van der Waals surface area contributed by atoms with E-state index in [1.165, 1.54) is 0 Å². The molecule has 1 aliphatic rings. The number of carbonyl (C=O) groups excluding carboxylic acids is 2. The summed E-state index contributed by atoms with van der Waals surface area (Å²) in [7, 11) is 0. The van der Waals surface area contributed by atoms with E-state index in [9.17, 15) is 9.59 Å². The van der Waals surface area contributed by atoms with Crippen molar-refractivity contribution in [3.8, 4) is 0 Å². The molecule has 0 unspecified atom stereocenters. The molecule has 0 bridgehead atoms. The van der Waals surface area contributed by atoms with Gasteiger partial charge in [0, 0.05) is 44.3 Å². The van der Waals surface area contributed by atoms with Gasteiger partial charge in [-0.25, -0.2) is 9.97 Å². The lowest BCUT2D eigenvalue weighted by molar-refractivity contribution is -0.130. The average molecular weight is 382 g/mol. The third-order valence-electron chi connectivity index (χ3n) is 4.62. The minimum absolute atomic E-state index is 0.0912. The summed E-state index contributed by atoms with van der Waals surface area (Å²) in [6, 6.07) is 9.07. The van der Waals surface area contributed by atoms with Crippen LogP contribution in [0.15, 0.2) is 42.7 Å². The second-order valence-electron chi connectivity index (χ2n) is 7.47. The molecule has 148 valence electrons. The van der Waals surface area contributed by atoms with Gasteiger partial charge in [0.2, 0.25) is 17.8 Å². The van der Waals surface area contributed by atoms with Gasteiger partial charge in [-0.05, 0) is 37.6 Å². The number of hydrogen-bond donors (Lipinski definition) is 2. The van der Waals surface area contributed by atoms with Gasteiger partial charge in [-0.1, -0.05) is 12.1 Å². The average Bonchev–Trinajstić information content (AvgIpc) is 2.69. The van der Waals surface area contributed by atoms with Crippen molar-refractivity contribution in [1.82, 2.24) is 14.9 Å². The second kappa shape index (κ2) is 8.35. The summed E-state index contributed by atoms with van der Waals surface area (Å²) >= 11 is 0. The van der Waals surface area contributed by atoms with E-state index in [2.05, 4.69) is 20.2 Å². The molecular formula is C20H26N6O2. The predicted molar refractivity (Wildman–Crippen MR) is 108 cm³/mol. The fourth-order valence-electron chi connectivity index (χ4n) is 2.89. The highest BCUT2D eigenvalue weighted by molar-refractivity contribution is 5.97. The van der Waals surface area contributed by atoms with Crippen molar-refractivity contribution in [3.63, 3.8) is 0 Å². The molecule has 8 heteroatoms. The number of carbonyl (C=O) groups is 2. The van der Waals surface area contributed by atoms with Crippen LogP contribution < -0.4 is 16.0 Å². The smallest absolute Gasteiger partial charge is 0.243 e. The molecule has 1 aliphatic heterocycles. The first-order valence-electron chi connectivity index (χ1n) is 9.32. The molecule has 3 rings (SSSR count). The molecule has 0 spiro atoms. The number of rotatable bonds is 5. The van der Waals surface area contributed by atoms with Gasteiger partial charge in [-0.2, -0.15) is 0 Å². The van der Waals surface area contributed by atoms with Crippen molar-refractivity contribution in [2.24, 2.45) is 5.73 Å². The number of piperazine rings is 1. The van der Waals surface area contributed by atoms with Gasteiger partial charge < -0.3 is 20.9 Å². The summed E-state index contributed by atoms with van der Waals surface area (Å²) in [4.78, 5) is 37.0. The summed E-state index contributed by atoms with van der Waals surface area (Å²) in [5, 5.41) is 2.77.